The van der Waals surface area contributed by atoms with Crippen molar-refractivity contribution in [1.82, 2.24) is 10.0 Å². The van der Waals surface area contributed by atoms with Crippen LogP contribution < -0.4 is 10.0 Å². The van der Waals surface area contributed by atoms with E-state index in [2.05, 4.69) is 26.0 Å². The van der Waals surface area contributed by atoms with Gasteiger partial charge < -0.3 is 5.32 Å². The van der Waals surface area contributed by atoms with Crippen LogP contribution in [0.3, 0.4) is 0 Å². The molecule has 0 bridgehead atoms. The molecule has 0 saturated carbocycles. The smallest absolute Gasteiger partial charge is 0.241 e. The second-order valence-electron chi connectivity index (χ2n) is 4.87. The van der Waals surface area contributed by atoms with E-state index in [4.69, 9.17) is 0 Å². The molecule has 0 aromatic heterocycles. The van der Waals surface area contributed by atoms with Crippen molar-refractivity contribution in [3.05, 3.63) is 64.6 Å². The normalized spacial score (nSPS) is 11.2. The second-order valence-corrected chi connectivity index (χ2v) is 7.55. The first-order valence-electron chi connectivity index (χ1n) is 7.03. The Balaban J connectivity index is 1.79. The topological polar surface area (TPSA) is 75.3 Å². The van der Waals surface area contributed by atoms with E-state index in [9.17, 15) is 13.2 Å². The number of hydrogen-bond donors (Lipinski definition) is 2. The van der Waals surface area contributed by atoms with Crippen LogP contribution in [0.2, 0.25) is 0 Å². The van der Waals surface area contributed by atoms with Crippen molar-refractivity contribution in [2.75, 3.05) is 13.1 Å². The Kier molecular flexibility index (Phi) is 6.32. The number of halogens is 1. The van der Waals surface area contributed by atoms with Crippen LogP contribution in [-0.2, 0) is 21.2 Å². The van der Waals surface area contributed by atoms with Gasteiger partial charge in [-0.05, 0) is 30.2 Å². The van der Waals surface area contributed by atoms with Gasteiger partial charge >= 0.3 is 0 Å². The quantitative estimate of drug-likeness (QED) is 0.752. The van der Waals surface area contributed by atoms with E-state index in [1.165, 1.54) is 12.1 Å². The zero-order valence-electron chi connectivity index (χ0n) is 12.3. The number of sulfonamides is 1. The molecule has 0 aliphatic carbocycles. The Morgan fingerprint density at radius 3 is 2.48 bits per heavy atom. The van der Waals surface area contributed by atoms with Gasteiger partial charge in [-0.25, -0.2) is 13.1 Å². The Labute approximate surface area is 144 Å². The first-order chi connectivity index (χ1) is 11.0. The highest BCUT2D eigenvalue weighted by molar-refractivity contribution is 9.10. The molecule has 0 spiro atoms. The first kappa shape index (κ1) is 17.7. The lowest BCUT2D eigenvalue weighted by molar-refractivity contribution is -0.119. The van der Waals surface area contributed by atoms with E-state index in [1.807, 2.05) is 30.3 Å². The summed E-state index contributed by atoms with van der Waals surface area (Å²) in [6, 6.07) is 16.1. The molecular weight excluding hydrogens is 380 g/mol. The summed E-state index contributed by atoms with van der Waals surface area (Å²) in [6.07, 6.45) is 0.699. The number of benzene rings is 2. The monoisotopic (exact) mass is 396 g/mol. The molecule has 23 heavy (non-hydrogen) atoms. The summed E-state index contributed by atoms with van der Waals surface area (Å²) >= 11 is 3.22. The maximum atomic E-state index is 12.1. The van der Waals surface area contributed by atoms with E-state index >= 15 is 0 Å². The highest BCUT2D eigenvalue weighted by Gasteiger charge is 2.15. The van der Waals surface area contributed by atoms with E-state index in [1.54, 1.807) is 12.1 Å². The molecule has 2 aromatic carbocycles. The van der Waals surface area contributed by atoms with E-state index in [0.29, 0.717) is 17.4 Å². The average molecular weight is 397 g/mol. The third kappa shape index (κ3) is 5.78. The lowest BCUT2D eigenvalue weighted by Crippen LogP contribution is -2.37. The zero-order valence-corrected chi connectivity index (χ0v) is 14.7. The molecule has 0 aliphatic heterocycles. The van der Waals surface area contributed by atoms with Gasteiger partial charge in [0.1, 0.15) is 0 Å². The van der Waals surface area contributed by atoms with Crippen LogP contribution in [0.4, 0.5) is 0 Å². The van der Waals surface area contributed by atoms with Gasteiger partial charge in [-0.3, -0.25) is 4.79 Å². The number of amides is 1. The maximum Gasteiger partial charge on any atom is 0.241 e. The third-order valence-corrected chi connectivity index (χ3v) is 5.00. The summed E-state index contributed by atoms with van der Waals surface area (Å²) in [4.78, 5) is 11.8. The molecule has 1 amide bonds. The fourth-order valence-electron chi connectivity index (χ4n) is 1.93. The molecule has 2 rings (SSSR count). The predicted octanol–water partition coefficient (Wildman–Crippen LogP) is 2.09. The van der Waals surface area contributed by atoms with Gasteiger partial charge in [0.05, 0.1) is 11.4 Å². The van der Waals surface area contributed by atoms with Gasteiger partial charge in [-0.15, -0.1) is 0 Å². The summed E-state index contributed by atoms with van der Waals surface area (Å²) in [5.41, 5.74) is 1.11. The summed E-state index contributed by atoms with van der Waals surface area (Å²) in [5.74, 6) is -0.362. The highest BCUT2D eigenvalue weighted by atomic mass is 79.9. The highest BCUT2D eigenvalue weighted by Crippen LogP contribution is 2.15. The first-order valence-corrected chi connectivity index (χ1v) is 9.31. The molecule has 0 unspecified atom stereocenters. The molecule has 0 aliphatic rings. The largest absolute Gasteiger partial charge is 0.355 e. The Hall–Kier alpha value is -1.70. The lowest BCUT2D eigenvalue weighted by Gasteiger charge is -2.08. The Bertz CT molecular complexity index is 764. The second kappa shape index (κ2) is 8.24. The van der Waals surface area contributed by atoms with E-state index < -0.39 is 10.0 Å². The number of carbonyl (C=O) groups excluding carboxylic acids is 1. The fraction of sp³-hybridized carbons (Fsp3) is 0.188. The summed E-state index contributed by atoms with van der Waals surface area (Å²) < 4.78 is 27.1. The third-order valence-electron chi connectivity index (χ3n) is 3.11. The van der Waals surface area contributed by atoms with Crippen molar-refractivity contribution in [2.45, 2.75) is 11.3 Å². The number of hydrogen-bond acceptors (Lipinski definition) is 3. The van der Waals surface area contributed by atoms with Crippen molar-refractivity contribution >= 4 is 31.9 Å². The predicted molar refractivity (Wildman–Crippen MR) is 92.5 cm³/mol. The molecule has 0 heterocycles. The molecule has 122 valence electrons. The van der Waals surface area contributed by atoms with Gasteiger partial charge in [-0.2, -0.15) is 0 Å². The Morgan fingerprint density at radius 2 is 1.78 bits per heavy atom. The lowest BCUT2D eigenvalue weighted by atomic mass is 10.1. The van der Waals surface area contributed by atoms with Gasteiger partial charge in [0, 0.05) is 11.0 Å². The van der Waals surface area contributed by atoms with Crippen molar-refractivity contribution in [3.8, 4) is 0 Å². The Morgan fingerprint density at radius 1 is 1.04 bits per heavy atom. The molecule has 2 N–H and O–H groups in total. The molecule has 0 saturated heterocycles. The summed E-state index contributed by atoms with van der Waals surface area (Å²) in [5, 5.41) is 2.69. The van der Waals surface area contributed by atoms with Crippen molar-refractivity contribution in [1.29, 1.82) is 0 Å². The van der Waals surface area contributed by atoms with Crippen LogP contribution in [0.5, 0.6) is 0 Å². The van der Waals surface area contributed by atoms with E-state index in [-0.39, 0.29) is 17.3 Å². The molecule has 0 fully saturated rings. The number of nitrogens with one attached hydrogen (secondary N) is 2. The molecule has 0 atom stereocenters. The molecule has 7 heteroatoms. The van der Waals surface area contributed by atoms with Crippen LogP contribution in [0.15, 0.2) is 64.0 Å². The summed E-state index contributed by atoms with van der Waals surface area (Å²) in [7, 11) is -3.70. The van der Waals surface area contributed by atoms with Crippen molar-refractivity contribution in [3.63, 3.8) is 0 Å². The van der Waals surface area contributed by atoms with Gasteiger partial charge in [0.15, 0.2) is 0 Å². The molecular formula is C16H17BrN2O3S. The van der Waals surface area contributed by atoms with Gasteiger partial charge in [0.2, 0.25) is 15.9 Å². The standard InChI is InChI=1S/C16H17BrN2O3S/c17-14-7-4-8-15(11-14)23(21,22)19-12-16(20)18-10-9-13-5-2-1-3-6-13/h1-8,11,19H,9-10,12H2,(H,18,20). The van der Waals surface area contributed by atoms with Crippen LogP contribution >= 0.6 is 15.9 Å². The van der Waals surface area contributed by atoms with Crippen LogP contribution in [0.1, 0.15) is 5.56 Å². The van der Waals surface area contributed by atoms with Crippen LogP contribution in [-0.4, -0.2) is 27.4 Å². The molecule has 2 aromatic rings. The SMILES string of the molecule is O=C(CNS(=O)(=O)c1cccc(Br)c1)NCCc1ccccc1. The van der Waals surface area contributed by atoms with E-state index in [0.717, 1.165) is 5.56 Å². The molecule has 5 nitrogen and oxygen atoms in total. The average Bonchev–Trinajstić information content (AvgIpc) is 2.54. The van der Waals surface area contributed by atoms with Gasteiger partial charge in [-0.1, -0.05) is 52.3 Å². The minimum atomic E-state index is -3.70. The number of carbonyl (C=O) groups is 1. The maximum absolute atomic E-state index is 12.1. The van der Waals surface area contributed by atoms with Crippen LogP contribution in [0, 0.1) is 0 Å². The zero-order chi connectivity index (χ0) is 16.7. The minimum absolute atomic E-state index is 0.115. The van der Waals surface area contributed by atoms with Crippen molar-refractivity contribution in [2.24, 2.45) is 0 Å². The van der Waals surface area contributed by atoms with Crippen LogP contribution in [0.25, 0.3) is 0 Å². The minimum Gasteiger partial charge on any atom is -0.355 e. The summed E-state index contributed by atoms with van der Waals surface area (Å²) in [6.45, 7) is 0.172. The molecule has 0 radical (unpaired) electrons. The number of rotatable bonds is 7. The fourth-order valence-corrected chi connectivity index (χ4v) is 3.51. The van der Waals surface area contributed by atoms with Gasteiger partial charge in [0.25, 0.3) is 0 Å². The van der Waals surface area contributed by atoms with Crippen molar-refractivity contribution < 1.29 is 13.2 Å².